The molecule has 0 aliphatic heterocycles. The van der Waals surface area contributed by atoms with E-state index in [0.29, 0.717) is 12.0 Å². The number of nitrogens with zero attached hydrogens (tertiary/aromatic N) is 1. The molecule has 0 aliphatic carbocycles. The number of phenols is 1. The minimum Gasteiger partial charge on any atom is -0.505 e. The Hall–Kier alpha value is -1.25. The molecule has 6 heteroatoms. The van der Waals surface area contributed by atoms with Crippen molar-refractivity contribution in [2.75, 3.05) is 0 Å². The lowest BCUT2D eigenvalue weighted by Gasteiger charge is -2.05. The van der Waals surface area contributed by atoms with Crippen molar-refractivity contribution in [3.8, 4) is 11.8 Å². The van der Waals surface area contributed by atoms with Crippen LogP contribution in [-0.4, -0.2) is 13.5 Å². The third-order valence-corrected chi connectivity index (χ3v) is 3.26. The van der Waals surface area contributed by atoms with E-state index in [0.717, 1.165) is 0 Å². The quantitative estimate of drug-likeness (QED) is 0.806. The molecule has 0 spiro atoms. The summed E-state index contributed by atoms with van der Waals surface area (Å²) in [7, 11) is 1.10. The minimum atomic E-state index is -4.03. The maximum atomic E-state index is 11.1. The van der Waals surface area contributed by atoms with Crippen molar-refractivity contribution in [1.29, 1.82) is 5.26 Å². The van der Waals surface area contributed by atoms with Gasteiger partial charge in [-0.3, -0.25) is 0 Å². The number of phenolic OH excluding ortho intramolecular Hbond substituents is 1. The zero-order valence-corrected chi connectivity index (χ0v) is 9.43. The lowest BCUT2D eigenvalue weighted by molar-refractivity contribution is 0.457. The number of aromatic hydroxyl groups is 1. The van der Waals surface area contributed by atoms with Gasteiger partial charge in [-0.15, -0.1) is 0 Å². The molecule has 0 amide bonds. The van der Waals surface area contributed by atoms with Gasteiger partial charge in [0.15, 0.2) is 5.75 Å². The molecule has 80 valence electrons. The molecule has 0 atom stereocenters. The third kappa shape index (κ3) is 2.41. The summed E-state index contributed by atoms with van der Waals surface area (Å²) in [5.41, 5.74) is 0.539. The first kappa shape index (κ1) is 11.8. The van der Waals surface area contributed by atoms with Crippen molar-refractivity contribution in [3.05, 3.63) is 23.3 Å². The van der Waals surface area contributed by atoms with Gasteiger partial charge in [-0.1, -0.05) is 6.92 Å². The smallest absolute Gasteiger partial charge is 0.265 e. The summed E-state index contributed by atoms with van der Waals surface area (Å²) in [6.45, 7) is 1.80. The van der Waals surface area contributed by atoms with Gasteiger partial charge in [0.05, 0.1) is 5.56 Å². The molecule has 0 saturated heterocycles. The zero-order valence-electron chi connectivity index (χ0n) is 7.86. The molecule has 1 aromatic rings. The average Bonchev–Trinajstić information content (AvgIpc) is 2.16. The van der Waals surface area contributed by atoms with Crippen molar-refractivity contribution in [2.24, 2.45) is 0 Å². The predicted molar refractivity (Wildman–Crippen MR) is 55.2 cm³/mol. The fraction of sp³-hybridized carbons (Fsp3) is 0.222. The predicted octanol–water partition coefficient (Wildman–Crippen LogP) is 1.75. The maximum Gasteiger partial charge on any atom is 0.265 e. The van der Waals surface area contributed by atoms with E-state index in [4.69, 9.17) is 15.9 Å². The van der Waals surface area contributed by atoms with Crippen LogP contribution in [0.3, 0.4) is 0 Å². The Morgan fingerprint density at radius 3 is 2.53 bits per heavy atom. The van der Waals surface area contributed by atoms with Crippen LogP contribution in [0.1, 0.15) is 18.1 Å². The van der Waals surface area contributed by atoms with Crippen LogP contribution >= 0.6 is 10.7 Å². The fourth-order valence-electron chi connectivity index (χ4n) is 1.14. The van der Waals surface area contributed by atoms with Crippen LogP contribution in [-0.2, 0) is 15.5 Å². The molecule has 0 aliphatic rings. The van der Waals surface area contributed by atoms with E-state index < -0.39 is 19.7 Å². The highest BCUT2D eigenvalue weighted by Crippen LogP contribution is 2.30. The van der Waals surface area contributed by atoms with Gasteiger partial charge in [0.1, 0.15) is 11.0 Å². The molecule has 0 saturated carbocycles. The monoisotopic (exact) mass is 245 g/mol. The van der Waals surface area contributed by atoms with Crippen LogP contribution in [0.5, 0.6) is 5.75 Å². The number of aryl methyl sites for hydroxylation is 1. The topological polar surface area (TPSA) is 78.2 Å². The van der Waals surface area contributed by atoms with Crippen molar-refractivity contribution in [2.45, 2.75) is 18.2 Å². The molecular formula is C9H8ClNO3S. The molecule has 0 radical (unpaired) electrons. The molecular weight excluding hydrogens is 238 g/mol. The number of halogens is 1. The van der Waals surface area contributed by atoms with E-state index in [1.807, 2.05) is 0 Å². The number of hydrogen-bond acceptors (Lipinski definition) is 4. The Morgan fingerprint density at radius 2 is 2.13 bits per heavy atom. The van der Waals surface area contributed by atoms with E-state index in [9.17, 15) is 13.5 Å². The van der Waals surface area contributed by atoms with Crippen molar-refractivity contribution in [3.63, 3.8) is 0 Å². The summed E-state index contributed by atoms with van der Waals surface area (Å²) in [6, 6.07) is 4.40. The third-order valence-electron chi connectivity index (χ3n) is 1.93. The van der Waals surface area contributed by atoms with Crippen molar-refractivity contribution < 1.29 is 13.5 Å². The molecule has 4 nitrogen and oxygen atoms in total. The summed E-state index contributed by atoms with van der Waals surface area (Å²) in [6.07, 6.45) is 0.550. The van der Waals surface area contributed by atoms with Crippen LogP contribution in [0.4, 0.5) is 0 Å². The second-order valence-electron chi connectivity index (χ2n) is 2.89. The van der Waals surface area contributed by atoms with Crippen LogP contribution in [0.25, 0.3) is 0 Å². The Kier molecular flexibility index (Phi) is 3.22. The van der Waals surface area contributed by atoms with Gasteiger partial charge >= 0.3 is 0 Å². The molecule has 0 aromatic heterocycles. The molecule has 0 fully saturated rings. The average molecular weight is 246 g/mol. The molecule has 0 unspecified atom stereocenters. The summed E-state index contributed by atoms with van der Waals surface area (Å²) >= 11 is 0. The van der Waals surface area contributed by atoms with Gasteiger partial charge in [0, 0.05) is 10.7 Å². The van der Waals surface area contributed by atoms with E-state index >= 15 is 0 Å². The second kappa shape index (κ2) is 4.09. The summed E-state index contributed by atoms with van der Waals surface area (Å²) in [4.78, 5) is -0.417. The van der Waals surface area contributed by atoms with Gasteiger partial charge in [-0.05, 0) is 24.1 Å². The lowest BCUT2D eigenvalue weighted by atomic mass is 10.1. The van der Waals surface area contributed by atoms with E-state index in [1.54, 1.807) is 13.0 Å². The van der Waals surface area contributed by atoms with E-state index in [-0.39, 0.29) is 5.56 Å². The lowest BCUT2D eigenvalue weighted by Crippen LogP contribution is -1.96. The molecule has 0 heterocycles. The molecule has 1 aromatic carbocycles. The highest BCUT2D eigenvalue weighted by atomic mass is 35.7. The van der Waals surface area contributed by atoms with Gasteiger partial charge < -0.3 is 5.11 Å². The van der Waals surface area contributed by atoms with E-state index in [2.05, 4.69) is 0 Å². The minimum absolute atomic E-state index is 0.0893. The van der Waals surface area contributed by atoms with Crippen LogP contribution < -0.4 is 0 Å². The van der Waals surface area contributed by atoms with Crippen LogP contribution in [0.15, 0.2) is 17.0 Å². The van der Waals surface area contributed by atoms with E-state index in [1.165, 1.54) is 12.1 Å². The molecule has 15 heavy (non-hydrogen) atoms. The van der Waals surface area contributed by atoms with Crippen molar-refractivity contribution >= 4 is 19.7 Å². The Balaban J connectivity index is 3.61. The number of nitriles is 1. The van der Waals surface area contributed by atoms with Crippen LogP contribution in [0.2, 0.25) is 0 Å². The first-order valence-corrected chi connectivity index (χ1v) is 6.41. The number of hydrogen-bond donors (Lipinski definition) is 1. The molecule has 1 N–H and O–H groups in total. The van der Waals surface area contributed by atoms with Gasteiger partial charge in [-0.2, -0.15) is 5.26 Å². The van der Waals surface area contributed by atoms with Gasteiger partial charge in [-0.25, -0.2) is 8.42 Å². The largest absolute Gasteiger partial charge is 0.505 e. The Morgan fingerprint density at radius 1 is 1.53 bits per heavy atom. The maximum absolute atomic E-state index is 11.1. The standard InChI is InChI=1S/C9H8ClNO3S/c1-2-6-3-7(5-11)9(12)8(4-6)15(10,13)14/h3-4,12H,2H2,1H3. The Labute approximate surface area is 92.1 Å². The summed E-state index contributed by atoms with van der Waals surface area (Å²) in [5.74, 6) is -0.593. The molecule has 1 rings (SSSR count). The SMILES string of the molecule is CCc1cc(C#N)c(O)c(S(=O)(=O)Cl)c1. The summed E-state index contributed by atoms with van der Waals surface area (Å²) in [5, 5.41) is 18.1. The summed E-state index contributed by atoms with van der Waals surface area (Å²) < 4.78 is 22.2. The fourth-order valence-corrected chi connectivity index (χ4v) is 2.13. The molecule has 0 bridgehead atoms. The first-order chi connectivity index (χ1) is 6.90. The Bertz CT molecular complexity index is 531. The number of rotatable bonds is 2. The normalized spacial score (nSPS) is 11.0. The zero-order chi connectivity index (χ0) is 11.6. The van der Waals surface area contributed by atoms with Crippen LogP contribution in [0, 0.1) is 11.3 Å². The van der Waals surface area contributed by atoms with Crippen molar-refractivity contribution in [1.82, 2.24) is 0 Å². The van der Waals surface area contributed by atoms with Gasteiger partial charge in [0.2, 0.25) is 0 Å². The highest BCUT2D eigenvalue weighted by molar-refractivity contribution is 8.13. The first-order valence-electron chi connectivity index (χ1n) is 4.10. The van der Waals surface area contributed by atoms with Gasteiger partial charge in [0.25, 0.3) is 9.05 Å². The number of benzene rings is 1. The second-order valence-corrected chi connectivity index (χ2v) is 5.43. The highest BCUT2D eigenvalue weighted by Gasteiger charge is 2.19.